The van der Waals surface area contributed by atoms with E-state index >= 15 is 0 Å². The molecular formula is C15H27N2O4. The molecule has 0 spiro atoms. The van der Waals surface area contributed by atoms with E-state index < -0.39 is 23.2 Å². The fourth-order valence-corrected chi connectivity index (χ4v) is 3.01. The number of rotatable bonds is 6. The Balaban J connectivity index is 2.45. The number of esters is 1. The number of hydrogen-bond donors (Lipinski definition) is 2. The predicted molar refractivity (Wildman–Crippen MR) is 78.9 cm³/mol. The summed E-state index contributed by atoms with van der Waals surface area (Å²) in [5.74, 6) is -0.545. The SMILES string of the molecule is C=CC(=O)OCC(O)CNC1CC(C)(C)N([O])C(C)(C)C1. The first-order chi connectivity index (χ1) is 9.58. The largest absolute Gasteiger partial charge is 0.460 e. The molecule has 6 nitrogen and oxygen atoms in total. The Labute approximate surface area is 126 Å². The molecule has 6 heteroatoms. The highest BCUT2D eigenvalue weighted by Gasteiger charge is 2.45. The van der Waals surface area contributed by atoms with Gasteiger partial charge in [-0.05, 0) is 40.5 Å². The second-order valence-corrected chi connectivity index (χ2v) is 6.92. The molecule has 1 aliphatic heterocycles. The monoisotopic (exact) mass is 299 g/mol. The number of nitrogens with one attached hydrogen (secondary N) is 1. The summed E-state index contributed by atoms with van der Waals surface area (Å²) in [5, 5.41) is 26.5. The molecule has 0 saturated carbocycles. The van der Waals surface area contributed by atoms with Crippen LogP contribution in [0.25, 0.3) is 0 Å². The summed E-state index contributed by atoms with van der Waals surface area (Å²) < 4.78 is 4.79. The first-order valence-electron chi connectivity index (χ1n) is 7.26. The van der Waals surface area contributed by atoms with Crippen LogP contribution in [0.3, 0.4) is 0 Å². The zero-order chi connectivity index (χ0) is 16.3. The van der Waals surface area contributed by atoms with E-state index in [1.807, 2.05) is 27.7 Å². The van der Waals surface area contributed by atoms with Crippen molar-refractivity contribution in [3.63, 3.8) is 0 Å². The molecule has 0 aliphatic carbocycles. The lowest BCUT2D eigenvalue weighted by atomic mass is 9.79. The molecule has 1 aliphatic rings. The molecule has 1 unspecified atom stereocenters. The van der Waals surface area contributed by atoms with E-state index in [-0.39, 0.29) is 12.6 Å². The molecule has 2 N–H and O–H groups in total. The second kappa shape index (κ2) is 6.87. The summed E-state index contributed by atoms with van der Waals surface area (Å²) in [7, 11) is 0. The van der Waals surface area contributed by atoms with Crippen LogP contribution in [0.15, 0.2) is 12.7 Å². The minimum absolute atomic E-state index is 0.0644. The molecule has 1 saturated heterocycles. The van der Waals surface area contributed by atoms with Crippen LogP contribution in [0.1, 0.15) is 40.5 Å². The van der Waals surface area contributed by atoms with Gasteiger partial charge in [0.1, 0.15) is 12.7 Å². The third-order valence-corrected chi connectivity index (χ3v) is 3.82. The van der Waals surface area contributed by atoms with E-state index in [9.17, 15) is 15.1 Å². The lowest BCUT2D eigenvalue weighted by Crippen LogP contribution is -2.62. The van der Waals surface area contributed by atoms with E-state index in [0.717, 1.165) is 6.08 Å². The highest BCUT2D eigenvalue weighted by atomic mass is 16.5. The lowest BCUT2D eigenvalue weighted by molar-refractivity contribution is -0.290. The minimum Gasteiger partial charge on any atom is -0.460 e. The van der Waals surface area contributed by atoms with Gasteiger partial charge >= 0.3 is 5.97 Å². The van der Waals surface area contributed by atoms with Gasteiger partial charge in [-0.1, -0.05) is 6.58 Å². The highest BCUT2D eigenvalue weighted by Crippen LogP contribution is 2.36. The van der Waals surface area contributed by atoms with Crippen LogP contribution in [-0.2, 0) is 14.7 Å². The Bertz CT molecular complexity index is 364. The van der Waals surface area contributed by atoms with Gasteiger partial charge in [-0.3, -0.25) is 0 Å². The number of aliphatic hydroxyl groups excluding tert-OH is 1. The zero-order valence-electron chi connectivity index (χ0n) is 13.4. The van der Waals surface area contributed by atoms with Crippen LogP contribution >= 0.6 is 0 Å². The van der Waals surface area contributed by atoms with Gasteiger partial charge in [0, 0.05) is 29.7 Å². The van der Waals surface area contributed by atoms with Crippen LogP contribution in [-0.4, -0.2) is 52.5 Å². The Kier molecular flexibility index (Phi) is 5.92. The summed E-state index contributed by atoms with van der Waals surface area (Å²) >= 11 is 0. The van der Waals surface area contributed by atoms with Gasteiger partial charge < -0.3 is 15.2 Å². The van der Waals surface area contributed by atoms with Gasteiger partial charge in [-0.25, -0.2) is 4.79 Å². The van der Waals surface area contributed by atoms with E-state index in [2.05, 4.69) is 11.9 Å². The van der Waals surface area contributed by atoms with Crippen molar-refractivity contribution in [1.82, 2.24) is 10.4 Å². The third-order valence-electron chi connectivity index (χ3n) is 3.82. The van der Waals surface area contributed by atoms with E-state index in [1.165, 1.54) is 5.06 Å². The smallest absolute Gasteiger partial charge is 0.330 e. The Morgan fingerprint density at radius 2 is 1.95 bits per heavy atom. The molecule has 0 aromatic heterocycles. The van der Waals surface area contributed by atoms with Crippen LogP contribution in [0.5, 0.6) is 0 Å². The third kappa shape index (κ3) is 5.07. The van der Waals surface area contributed by atoms with Gasteiger partial charge in [-0.15, -0.1) is 10.3 Å². The summed E-state index contributed by atoms with van der Waals surface area (Å²) in [6, 6.07) is 0.143. The number of nitrogens with zero attached hydrogens (tertiary/aromatic N) is 1. The first-order valence-corrected chi connectivity index (χ1v) is 7.26. The van der Waals surface area contributed by atoms with Crippen molar-refractivity contribution >= 4 is 5.97 Å². The molecule has 0 bridgehead atoms. The van der Waals surface area contributed by atoms with Gasteiger partial charge in [0.15, 0.2) is 0 Å². The van der Waals surface area contributed by atoms with Gasteiger partial charge in [0.05, 0.1) is 0 Å². The number of aliphatic hydroxyl groups is 1. The number of hydrogen-bond acceptors (Lipinski definition) is 5. The molecule has 0 aromatic rings. The zero-order valence-corrected chi connectivity index (χ0v) is 13.4. The van der Waals surface area contributed by atoms with Crippen molar-refractivity contribution in [3.05, 3.63) is 12.7 Å². The van der Waals surface area contributed by atoms with Crippen molar-refractivity contribution in [2.24, 2.45) is 0 Å². The fraction of sp³-hybridized carbons (Fsp3) is 0.800. The lowest BCUT2D eigenvalue weighted by Gasteiger charge is -2.50. The van der Waals surface area contributed by atoms with Crippen molar-refractivity contribution < 1.29 is 19.8 Å². The summed E-state index contributed by atoms with van der Waals surface area (Å²) in [6.45, 7) is 11.3. The summed E-state index contributed by atoms with van der Waals surface area (Å²) in [5.41, 5.74) is -0.890. The van der Waals surface area contributed by atoms with Crippen LogP contribution in [0, 0.1) is 0 Å². The Hall–Kier alpha value is -0.950. The molecule has 1 fully saturated rings. The molecule has 1 radical (unpaired) electrons. The normalized spacial score (nSPS) is 23.5. The standard InChI is InChI=1S/C15H27N2O4/c1-6-13(19)21-10-12(18)9-16-11-7-14(2,3)17(20)15(4,5)8-11/h6,11-12,16,18H,1,7-10H2,2-5H3. The van der Waals surface area contributed by atoms with Crippen LogP contribution in [0.2, 0.25) is 0 Å². The van der Waals surface area contributed by atoms with Crippen molar-refractivity contribution in [3.8, 4) is 0 Å². The van der Waals surface area contributed by atoms with Gasteiger partial charge in [-0.2, -0.15) is 0 Å². The van der Waals surface area contributed by atoms with Gasteiger partial charge in [0.2, 0.25) is 0 Å². The number of ether oxygens (including phenoxy) is 1. The molecule has 1 heterocycles. The van der Waals surface area contributed by atoms with Crippen LogP contribution < -0.4 is 5.32 Å². The maximum Gasteiger partial charge on any atom is 0.330 e. The van der Waals surface area contributed by atoms with Crippen LogP contribution in [0.4, 0.5) is 0 Å². The average Bonchev–Trinajstić information content (AvgIpc) is 2.39. The first kappa shape index (κ1) is 18.1. The molecular weight excluding hydrogens is 272 g/mol. The maximum atomic E-state index is 12.2. The topological polar surface area (TPSA) is 81.7 Å². The fourth-order valence-electron chi connectivity index (χ4n) is 3.01. The Morgan fingerprint density at radius 3 is 2.43 bits per heavy atom. The number of carbonyl (C=O) groups excluding carboxylic acids is 1. The number of hydroxylamine groups is 2. The molecule has 0 aromatic carbocycles. The second-order valence-electron chi connectivity index (χ2n) is 6.92. The van der Waals surface area contributed by atoms with Gasteiger partial charge in [0.25, 0.3) is 0 Å². The van der Waals surface area contributed by atoms with Crippen molar-refractivity contribution in [2.75, 3.05) is 13.2 Å². The quantitative estimate of drug-likeness (QED) is 0.565. The number of carbonyl (C=O) groups is 1. The molecule has 0 amide bonds. The predicted octanol–water partition coefficient (Wildman–Crippen LogP) is 1.03. The molecule has 1 atom stereocenters. The Morgan fingerprint density at radius 1 is 1.43 bits per heavy atom. The molecule has 21 heavy (non-hydrogen) atoms. The maximum absolute atomic E-state index is 12.2. The van der Waals surface area contributed by atoms with E-state index in [1.54, 1.807) is 0 Å². The molecule has 121 valence electrons. The molecule has 1 rings (SSSR count). The average molecular weight is 299 g/mol. The number of piperidine rings is 1. The van der Waals surface area contributed by atoms with Crippen molar-refractivity contribution in [2.45, 2.75) is 63.8 Å². The van der Waals surface area contributed by atoms with Crippen molar-refractivity contribution in [1.29, 1.82) is 0 Å². The minimum atomic E-state index is -0.773. The summed E-state index contributed by atoms with van der Waals surface area (Å²) in [4.78, 5) is 10.9. The highest BCUT2D eigenvalue weighted by molar-refractivity contribution is 5.81. The van der Waals surface area contributed by atoms with E-state index in [0.29, 0.717) is 19.4 Å². The van der Waals surface area contributed by atoms with E-state index in [4.69, 9.17) is 4.74 Å². The summed E-state index contributed by atoms with van der Waals surface area (Å²) in [6.07, 6.45) is 1.71.